The highest BCUT2D eigenvalue weighted by molar-refractivity contribution is 5.03. The van der Waals surface area contributed by atoms with E-state index in [-0.39, 0.29) is 0 Å². The molecule has 1 aromatic rings. The topological polar surface area (TPSA) is 24.9 Å². The van der Waals surface area contributed by atoms with E-state index in [2.05, 4.69) is 23.3 Å². The van der Waals surface area contributed by atoms with Crippen molar-refractivity contribution in [2.24, 2.45) is 5.92 Å². The minimum absolute atomic E-state index is 0.706. The molecular formula is C12H18N2. The summed E-state index contributed by atoms with van der Waals surface area (Å²) < 4.78 is 0. The summed E-state index contributed by atoms with van der Waals surface area (Å²) in [6.45, 7) is 3.25. The van der Waals surface area contributed by atoms with Crippen LogP contribution in [-0.4, -0.2) is 11.0 Å². The third-order valence-corrected chi connectivity index (χ3v) is 3.13. The Hall–Kier alpha value is -0.890. The van der Waals surface area contributed by atoms with Crippen molar-refractivity contribution in [2.75, 3.05) is 0 Å². The van der Waals surface area contributed by atoms with Gasteiger partial charge in [-0.05, 0) is 30.9 Å². The van der Waals surface area contributed by atoms with Crippen LogP contribution in [0.4, 0.5) is 0 Å². The number of nitrogens with one attached hydrogen (secondary N) is 1. The summed E-state index contributed by atoms with van der Waals surface area (Å²) in [7, 11) is 0. The highest BCUT2D eigenvalue weighted by atomic mass is 14.9. The highest BCUT2D eigenvalue weighted by Crippen LogP contribution is 2.24. The summed E-state index contributed by atoms with van der Waals surface area (Å²) in [4.78, 5) is 4.30. The predicted octanol–water partition coefficient (Wildman–Crippen LogP) is 2.36. The molecule has 0 saturated heterocycles. The fourth-order valence-corrected chi connectivity index (χ4v) is 2.19. The van der Waals surface area contributed by atoms with Gasteiger partial charge >= 0.3 is 0 Å². The molecule has 1 saturated carbocycles. The molecule has 1 heterocycles. The van der Waals surface area contributed by atoms with Gasteiger partial charge in [-0.15, -0.1) is 0 Å². The lowest BCUT2D eigenvalue weighted by Crippen LogP contribution is -2.30. The second-order valence-corrected chi connectivity index (χ2v) is 4.22. The number of rotatable bonds is 3. The van der Waals surface area contributed by atoms with Gasteiger partial charge in [-0.2, -0.15) is 0 Å². The van der Waals surface area contributed by atoms with Crippen LogP contribution >= 0.6 is 0 Å². The monoisotopic (exact) mass is 190 g/mol. The van der Waals surface area contributed by atoms with Crippen LogP contribution in [0.5, 0.6) is 0 Å². The molecule has 2 nitrogen and oxygen atoms in total. The molecule has 2 heteroatoms. The molecule has 0 bridgehead atoms. The minimum Gasteiger partial charge on any atom is -0.308 e. The Balaban J connectivity index is 1.82. The van der Waals surface area contributed by atoms with Crippen molar-refractivity contribution in [1.82, 2.24) is 10.3 Å². The zero-order valence-electron chi connectivity index (χ0n) is 8.74. The molecule has 0 radical (unpaired) electrons. The number of hydrogen-bond donors (Lipinski definition) is 1. The van der Waals surface area contributed by atoms with Gasteiger partial charge < -0.3 is 5.32 Å². The van der Waals surface area contributed by atoms with Gasteiger partial charge in [0.1, 0.15) is 0 Å². The first-order valence-corrected chi connectivity index (χ1v) is 5.49. The van der Waals surface area contributed by atoms with Crippen LogP contribution in [0.3, 0.4) is 0 Å². The molecule has 1 fully saturated rings. The lowest BCUT2D eigenvalue weighted by atomic mass is 10.1. The van der Waals surface area contributed by atoms with Crippen LogP contribution in [0.2, 0.25) is 0 Å². The van der Waals surface area contributed by atoms with Crippen molar-refractivity contribution in [3.8, 4) is 0 Å². The molecule has 1 N–H and O–H groups in total. The summed E-state index contributed by atoms with van der Waals surface area (Å²) in [6.07, 6.45) is 5.93. The van der Waals surface area contributed by atoms with Crippen LogP contribution in [-0.2, 0) is 6.54 Å². The molecule has 0 amide bonds. The van der Waals surface area contributed by atoms with Gasteiger partial charge in [0.05, 0.1) is 5.69 Å². The zero-order valence-corrected chi connectivity index (χ0v) is 8.74. The largest absolute Gasteiger partial charge is 0.308 e. The van der Waals surface area contributed by atoms with Crippen LogP contribution in [0.15, 0.2) is 24.4 Å². The van der Waals surface area contributed by atoms with E-state index in [1.807, 2.05) is 18.3 Å². The maximum atomic E-state index is 4.30. The maximum Gasteiger partial charge on any atom is 0.0541 e. The quantitative estimate of drug-likeness (QED) is 0.791. The molecule has 1 aliphatic carbocycles. The molecular weight excluding hydrogens is 172 g/mol. The molecule has 0 aromatic carbocycles. The maximum absolute atomic E-state index is 4.30. The highest BCUT2D eigenvalue weighted by Gasteiger charge is 2.22. The molecule has 0 aliphatic heterocycles. The van der Waals surface area contributed by atoms with Gasteiger partial charge in [0.15, 0.2) is 0 Å². The Morgan fingerprint density at radius 2 is 2.36 bits per heavy atom. The Morgan fingerprint density at radius 1 is 1.43 bits per heavy atom. The summed E-state index contributed by atoms with van der Waals surface area (Å²) in [5, 5.41) is 3.59. The summed E-state index contributed by atoms with van der Waals surface area (Å²) >= 11 is 0. The van der Waals surface area contributed by atoms with Gasteiger partial charge in [0.25, 0.3) is 0 Å². The number of nitrogens with zero attached hydrogens (tertiary/aromatic N) is 1. The molecule has 2 rings (SSSR count). The Bertz CT molecular complexity index is 271. The Kier molecular flexibility index (Phi) is 3.14. The van der Waals surface area contributed by atoms with Crippen molar-refractivity contribution < 1.29 is 0 Å². The molecule has 2 atom stereocenters. The second kappa shape index (κ2) is 4.56. The zero-order chi connectivity index (χ0) is 9.80. The van der Waals surface area contributed by atoms with E-state index in [4.69, 9.17) is 0 Å². The van der Waals surface area contributed by atoms with Crippen molar-refractivity contribution in [2.45, 2.75) is 38.8 Å². The minimum atomic E-state index is 0.706. The first-order valence-electron chi connectivity index (χ1n) is 5.49. The third-order valence-electron chi connectivity index (χ3n) is 3.13. The molecule has 0 unspecified atom stereocenters. The standard InChI is InChI=1S/C12H18N2/c1-10-5-4-7-12(10)14-9-11-6-2-3-8-13-11/h2-3,6,8,10,12,14H,4-5,7,9H2,1H3/t10-,12+/m0/s1. The predicted molar refractivity (Wildman–Crippen MR) is 57.9 cm³/mol. The van der Waals surface area contributed by atoms with Crippen molar-refractivity contribution in [1.29, 1.82) is 0 Å². The smallest absolute Gasteiger partial charge is 0.0541 e. The lowest BCUT2D eigenvalue weighted by Gasteiger charge is -2.16. The second-order valence-electron chi connectivity index (χ2n) is 4.22. The van der Waals surface area contributed by atoms with Gasteiger partial charge in [-0.3, -0.25) is 4.98 Å². The SMILES string of the molecule is C[C@H]1CCC[C@H]1NCc1ccccn1. The van der Waals surface area contributed by atoms with Gasteiger partial charge in [0.2, 0.25) is 0 Å². The van der Waals surface area contributed by atoms with E-state index < -0.39 is 0 Å². The number of pyridine rings is 1. The van der Waals surface area contributed by atoms with E-state index in [0.29, 0.717) is 6.04 Å². The van der Waals surface area contributed by atoms with Gasteiger partial charge in [-0.1, -0.05) is 19.4 Å². The lowest BCUT2D eigenvalue weighted by molar-refractivity contribution is 0.424. The molecule has 14 heavy (non-hydrogen) atoms. The van der Waals surface area contributed by atoms with Crippen molar-refractivity contribution in [3.63, 3.8) is 0 Å². The first kappa shape index (κ1) is 9.66. The normalized spacial score (nSPS) is 26.6. The van der Waals surface area contributed by atoms with E-state index >= 15 is 0 Å². The van der Waals surface area contributed by atoms with E-state index in [1.165, 1.54) is 19.3 Å². The average Bonchev–Trinajstić information content (AvgIpc) is 2.63. The van der Waals surface area contributed by atoms with Crippen LogP contribution < -0.4 is 5.32 Å². The van der Waals surface area contributed by atoms with E-state index in [0.717, 1.165) is 18.2 Å². The molecule has 1 aromatic heterocycles. The third kappa shape index (κ3) is 2.32. The summed E-state index contributed by atoms with van der Waals surface area (Å²) in [6, 6.07) is 6.79. The molecule has 76 valence electrons. The van der Waals surface area contributed by atoms with Crippen molar-refractivity contribution >= 4 is 0 Å². The van der Waals surface area contributed by atoms with Crippen LogP contribution in [0.1, 0.15) is 31.9 Å². The van der Waals surface area contributed by atoms with Gasteiger partial charge in [0, 0.05) is 18.8 Å². The van der Waals surface area contributed by atoms with E-state index in [1.54, 1.807) is 0 Å². The van der Waals surface area contributed by atoms with Gasteiger partial charge in [-0.25, -0.2) is 0 Å². The number of aromatic nitrogens is 1. The van der Waals surface area contributed by atoms with Crippen LogP contribution in [0.25, 0.3) is 0 Å². The fourth-order valence-electron chi connectivity index (χ4n) is 2.19. The summed E-state index contributed by atoms with van der Waals surface area (Å²) in [5.41, 5.74) is 1.15. The van der Waals surface area contributed by atoms with Crippen LogP contribution in [0, 0.1) is 5.92 Å². The average molecular weight is 190 g/mol. The Morgan fingerprint density at radius 3 is 3.00 bits per heavy atom. The fraction of sp³-hybridized carbons (Fsp3) is 0.583. The molecule has 1 aliphatic rings. The van der Waals surface area contributed by atoms with E-state index in [9.17, 15) is 0 Å². The first-order chi connectivity index (χ1) is 6.86. The summed E-state index contributed by atoms with van der Waals surface area (Å²) in [5.74, 6) is 0.832. The molecule has 0 spiro atoms. The van der Waals surface area contributed by atoms with Crippen molar-refractivity contribution in [3.05, 3.63) is 30.1 Å². The Labute approximate surface area is 85.7 Å². The number of hydrogen-bond acceptors (Lipinski definition) is 2.